The van der Waals surface area contributed by atoms with Crippen LogP contribution >= 0.6 is 11.3 Å². The van der Waals surface area contributed by atoms with Crippen LogP contribution in [0.1, 0.15) is 29.1 Å². The first-order chi connectivity index (χ1) is 9.76. The minimum absolute atomic E-state index is 0.361. The zero-order chi connectivity index (χ0) is 13.9. The van der Waals surface area contributed by atoms with E-state index in [4.69, 9.17) is 4.74 Å². The first kappa shape index (κ1) is 13.7. The Balaban J connectivity index is 1.76. The topological polar surface area (TPSA) is 43.2 Å². The Morgan fingerprint density at radius 1 is 1.50 bits per heavy atom. The second-order valence-electron chi connectivity index (χ2n) is 5.17. The van der Waals surface area contributed by atoms with Gasteiger partial charge in [0.1, 0.15) is 5.01 Å². The molecule has 20 heavy (non-hydrogen) atoms. The fourth-order valence-electron chi connectivity index (χ4n) is 2.76. The standard InChI is InChI=1S/C14H20N4OS/c1-3-19-10-12-8-18(9-13-15-4-5-20-13)7-11-6-17(2)16-14(11)12/h4-6,12H,3,7-10H2,1-2H3/t12-/m1/s1. The van der Waals surface area contributed by atoms with Crippen LogP contribution < -0.4 is 0 Å². The fraction of sp³-hybridized carbons (Fsp3) is 0.571. The molecule has 0 aliphatic carbocycles. The number of ether oxygens (including phenoxy) is 1. The SMILES string of the molecule is CCOC[C@H]1CN(Cc2nccs2)Cc2cn(C)nc21. The van der Waals surface area contributed by atoms with Crippen molar-refractivity contribution < 1.29 is 4.74 Å². The van der Waals surface area contributed by atoms with E-state index >= 15 is 0 Å². The molecule has 0 fully saturated rings. The summed E-state index contributed by atoms with van der Waals surface area (Å²) in [6.45, 7) is 6.39. The van der Waals surface area contributed by atoms with Gasteiger partial charge in [-0.2, -0.15) is 5.10 Å². The molecule has 1 aliphatic heterocycles. The second-order valence-corrected chi connectivity index (χ2v) is 6.14. The summed E-state index contributed by atoms with van der Waals surface area (Å²) in [4.78, 5) is 6.82. The Hall–Kier alpha value is -1.24. The van der Waals surface area contributed by atoms with E-state index in [0.717, 1.165) is 32.8 Å². The molecule has 5 nitrogen and oxygen atoms in total. The highest BCUT2D eigenvalue weighted by Gasteiger charge is 2.28. The molecular weight excluding hydrogens is 272 g/mol. The molecule has 0 saturated heterocycles. The van der Waals surface area contributed by atoms with E-state index in [1.807, 2.05) is 30.2 Å². The molecule has 2 aromatic rings. The molecule has 0 N–H and O–H groups in total. The number of fused-ring (bicyclic) bond motifs is 1. The molecule has 0 spiro atoms. The summed E-state index contributed by atoms with van der Waals surface area (Å²) in [7, 11) is 1.99. The minimum Gasteiger partial charge on any atom is -0.381 e. The lowest BCUT2D eigenvalue weighted by molar-refractivity contribution is 0.104. The monoisotopic (exact) mass is 292 g/mol. The van der Waals surface area contributed by atoms with E-state index in [1.54, 1.807) is 11.3 Å². The maximum absolute atomic E-state index is 5.63. The molecule has 3 rings (SSSR count). The van der Waals surface area contributed by atoms with Gasteiger partial charge in [0, 0.05) is 56.0 Å². The molecular formula is C14H20N4OS. The van der Waals surface area contributed by atoms with E-state index in [9.17, 15) is 0 Å². The first-order valence-corrected chi connectivity index (χ1v) is 7.85. The van der Waals surface area contributed by atoms with Crippen molar-refractivity contribution in [2.24, 2.45) is 7.05 Å². The van der Waals surface area contributed by atoms with Crippen molar-refractivity contribution in [1.82, 2.24) is 19.7 Å². The molecule has 0 aromatic carbocycles. The maximum atomic E-state index is 5.63. The van der Waals surface area contributed by atoms with Crippen LogP contribution in [0.3, 0.4) is 0 Å². The molecule has 1 atom stereocenters. The van der Waals surface area contributed by atoms with Crippen molar-refractivity contribution in [3.05, 3.63) is 34.0 Å². The Labute approximate surface area is 123 Å². The van der Waals surface area contributed by atoms with E-state index in [2.05, 4.69) is 21.2 Å². The van der Waals surface area contributed by atoms with Crippen LogP contribution in [0.15, 0.2) is 17.8 Å². The third-order valence-electron chi connectivity index (χ3n) is 3.56. The zero-order valence-electron chi connectivity index (χ0n) is 12.0. The maximum Gasteiger partial charge on any atom is 0.107 e. The molecule has 108 valence electrons. The van der Waals surface area contributed by atoms with Gasteiger partial charge in [-0.25, -0.2) is 4.98 Å². The van der Waals surface area contributed by atoms with Gasteiger partial charge in [0.2, 0.25) is 0 Å². The van der Waals surface area contributed by atoms with Gasteiger partial charge in [-0.3, -0.25) is 9.58 Å². The molecule has 2 aromatic heterocycles. The average molecular weight is 292 g/mol. The summed E-state index contributed by atoms with van der Waals surface area (Å²) in [6, 6.07) is 0. The van der Waals surface area contributed by atoms with E-state index in [-0.39, 0.29) is 0 Å². The van der Waals surface area contributed by atoms with Crippen molar-refractivity contribution in [2.75, 3.05) is 19.8 Å². The van der Waals surface area contributed by atoms with Crippen molar-refractivity contribution in [1.29, 1.82) is 0 Å². The van der Waals surface area contributed by atoms with Gasteiger partial charge in [0.05, 0.1) is 18.8 Å². The summed E-state index contributed by atoms with van der Waals surface area (Å²) >= 11 is 1.72. The molecule has 0 saturated carbocycles. The van der Waals surface area contributed by atoms with Gasteiger partial charge in [-0.1, -0.05) is 0 Å². The molecule has 6 heteroatoms. The lowest BCUT2D eigenvalue weighted by Crippen LogP contribution is -2.34. The molecule has 0 bridgehead atoms. The lowest BCUT2D eigenvalue weighted by atomic mass is 9.97. The predicted octanol–water partition coefficient (Wildman–Crippen LogP) is 2.01. The Bertz CT molecular complexity index is 552. The normalized spacial score (nSPS) is 19.2. The fourth-order valence-corrected chi connectivity index (χ4v) is 3.42. The third-order valence-corrected chi connectivity index (χ3v) is 4.33. The largest absolute Gasteiger partial charge is 0.381 e. The second kappa shape index (κ2) is 6.03. The van der Waals surface area contributed by atoms with Gasteiger partial charge < -0.3 is 4.74 Å². The average Bonchev–Trinajstić information content (AvgIpc) is 3.04. The summed E-state index contributed by atoms with van der Waals surface area (Å²) in [5.74, 6) is 0.361. The van der Waals surface area contributed by atoms with Gasteiger partial charge in [0.25, 0.3) is 0 Å². The number of aromatic nitrogens is 3. The summed E-state index contributed by atoms with van der Waals surface area (Å²) in [5, 5.41) is 7.82. The molecule has 0 radical (unpaired) electrons. The van der Waals surface area contributed by atoms with Crippen molar-refractivity contribution >= 4 is 11.3 Å². The summed E-state index contributed by atoms with van der Waals surface area (Å²) in [5.41, 5.74) is 2.52. The van der Waals surface area contributed by atoms with Crippen molar-refractivity contribution in [3.8, 4) is 0 Å². The van der Waals surface area contributed by atoms with Gasteiger partial charge in [0.15, 0.2) is 0 Å². The summed E-state index contributed by atoms with van der Waals surface area (Å²) < 4.78 is 7.55. The Kier molecular flexibility index (Phi) is 4.14. The first-order valence-electron chi connectivity index (χ1n) is 6.97. The van der Waals surface area contributed by atoms with Crippen LogP contribution in [0.4, 0.5) is 0 Å². The third kappa shape index (κ3) is 2.92. The van der Waals surface area contributed by atoms with Gasteiger partial charge in [-0.15, -0.1) is 11.3 Å². The zero-order valence-corrected chi connectivity index (χ0v) is 12.8. The Morgan fingerprint density at radius 2 is 2.40 bits per heavy atom. The summed E-state index contributed by atoms with van der Waals surface area (Å²) in [6.07, 6.45) is 4.00. The highest BCUT2D eigenvalue weighted by atomic mass is 32.1. The van der Waals surface area contributed by atoms with Crippen LogP contribution in [0, 0.1) is 0 Å². The van der Waals surface area contributed by atoms with Crippen LogP contribution in [0.25, 0.3) is 0 Å². The van der Waals surface area contributed by atoms with Crippen LogP contribution in [0.5, 0.6) is 0 Å². The number of aryl methyl sites for hydroxylation is 1. The molecule has 0 amide bonds. The molecule has 0 unspecified atom stereocenters. The highest BCUT2D eigenvalue weighted by Crippen LogP contribution is 2.28. The van der Waals surface area contributed by atoms with Crippen LogP contribution in [-0.2, 0) is 24.9 Å². The quantitative estimate of drug-likeness (QED) is 0.845. The number of hydrogen-bond donors (Lipinski definition) is 0. The number of nitrogens with zero attached hydrogens (tertiary/aromatic N) is 4. The van der Waals surface area contributed by atoms with Crippen molar-refractivity contribution in [3.63, 3.8) is 0 Å². The highest BCUT2D eigenvalue weighted by molar-refractivity contribution is 7.09. The number of thiazole rings is 1. The molecule has 1 aliphatic rings. The minimum atomic E-state index is 0.361. The van der Waals surface area contributed by atoms with Gasteiger partial charge in [-0.05, 0) is 6.92 Å². The van der Waals surface area contributed by atoms with Crippen molar-refractivity contribution in [2.45, 2.75) is 25.9 Å². The smallest absolute Gasteiger partial charge is 0.107 e. The van der Waals surface area contributed by atoms with E-state index in [0.29, 0.717) is 5.92 Å². The van der Waals surface area contributed by atoms with E-state index < -0.39 is 0 Å². The number of hydrogen-bond acceptors (Lipinski definition) is 5. The predicted molar refractivity (Wildman–Crippen MR) is 78.7 cm³/mol. The van der Waals surface area contributed by atoms with E-state index in [1.165, 1.54) is 16.3 Å². The van der Waals surface area contributed by atoms with Gasteiger partial charge >= 0.3 is 0 Å². The lowest BCUT2D eigenvalue weighted by Gasteiger charge is -2.31. The van der Waals surface area contributed by atoms with Crippen LogP contribution in [0.2, 0.25) is 0 Å². The van der Waals surface area contributed by atoms with Crippen LogP contribution in [-0.4, -0.2) is 39.4 Å². The Morgan fingerprint density at radius 3 is 3.15 bits per heavy atom. The molecule has 3 heterocycles. The number of rotatable bonds is 5.